The first-order valence-corrected chi connectivity index (χ1v) is 13.6. The average Bonchev–Trinajstić information content (AvgIpc) is 2.70. The molecule has 1 N–H and O–H groups in total. The topological polar surface area (TPSA) is 54.5 Å². The van der Waals surface area contributed by atoms with Crippen LogP contribution in [-0.2, 0) is 15.4 Å². The minimum atomic E-state index is -4.59. The molecule has 0 aliphatic heterocycles. The SMILES string of the molecule is Cc1cc(C(F)(F)F)cc(NC(=CO[Si](C)(C)C(C)(C)C)C(=O)N(C)c2ccc(F)c(Cl)c2)n1. The Morgan fingerprint density at radius 3 is 2.32 bits per heavy atom. The van der Waals surface area contributed by atoms with Gasteiger partial charge in [-0.15, -0.1) is 0 Å². The second-order valence-corrected chi connectivity index (χ2v) is 14.5. The quantitative estimate of drug-likeness (QED) is 0.191. The van der Waals surface area contributed by atoms with Crippen molar-refractivity contribution in [3.05, 3.63) is 64.4 Å². The van der Waals surface area contributed by atoms with Crippen LogP contribution in [0.1, 0.15) is 32.0 Å². The Bertz CT molecular complexity index is 1100. The molecule has 2 aromatic rings. The smallest absolute Gasteiger partial charge is 0.416 e. The molecule has 1 heterocycles. The summed E-state index contributed by atoms with van der Waals surface area (Å²) in [6.07, 6.45) is -3.37. The molecule has 0 radical (unpaired) electrons. The summed E-state index contributed by atoms with van der Waals surface area (Å²) in [6, 6.07) is 5.47. The van der Waals surface area contributed by atoms with Gasteiger partial charge >= 0.3 is 6.18 Å². The normalized spacial score (nSPS) is 13.0. The maximum Gasteiger partial charge on any atom is 0.416 e. The number of carbonyl (C=O) groups is 1. The molecule has 2 rings (SSSR count). The summed E-state index contributed by atoms with van der Waals surface area (Å²) < 4.78 is 59.5. The van der Waals surface area contributed by atoms with Gasteiger partial charge in [0.2, 0.25) is 8.32 Å². The first kappa shape index (κ1) is 27.6. The van der Waals surface area contributed by atoms with E-state index in [2.05, 4.69) is 10.3 Å². The van der Waals surface area contributed by atoms with Crippen LogP contribution in [-0.4, -0.2) is 26.3 Å². The number of benzene rings is 1. The van der Waals surface area contributed by atoms with E-state index in [9.17, 15) is 22.4 Å². The molecule has 186 valence electrons. The molecule has 0 spiro atoms. The van der Waals surface area contributed by atoms with Gasteiger partial charge in [0.25, 0.3) is 5.91 Å². The molecule has 0 atom stereocenters. The van der Waals surface area contributed by atoms with E-state index >= 15 is 0 Å². The summed E-state index contributed by atoms with van der Waals surface area (Å²) in [4.78, 5) is 18.6. The summed E-state index contributed by atoms with van der Waals surface area (Å²) in [5.74, 6) is -1.46. The van der Waals surface area contributed by atoms with Crippen LogP contribution < -0.4 is 10.2 Å². The summed E-state index contributed by atoms with van der Waals surface area (Å²) in [7, 11) is -0.942. The third kappa shape index (κ3) is 6.72. The Morgan fingerprint density at radius 2 is 1.79 bits per heavy atom. The monoisotopic (exact) mass is 517 g/mol. The molecular weight excluding hydrogens is 490 g/mol. The van der Waals surface area contributed by atoms with E-state index in [4.69, 9.17) is 16.0 Å². The highest BCUT2D eigenvalue weighted by Crippen LogP contribution is 2.37. The first-order valence-electron chi connectivity index (χ1n) is 10.4. The number of hydrogen-bond acceptors (Lipinski definition) is 4. The number of anilines is 2. The zero-order chi connectivity index (χ0) is 26.1. The number of aromatic nitrogens is 1. The van der Waals surface area contributed by atoms with Crippen LogP contribution in [0.25, 0.3) is 0 Å². The van der Waals surface area contributed by atoms with Crippen LogP contribution in [0.5, 0.6) is 0 Å². The minimum absolute atomic E-state index is 0.119. The molecule has 1 aromatic heterocycles. The molecule has 34 heavy (non-hydrogen) atoms. The third-order valence-corrected chi connectivity index (χ3v) is 10.3. The van der Waals surface area contributed by atoms with Gasteiger partial charge in [0.05, 0.1) is 16.8 Å². The highest BCUT2D eigenvalue weighted by Gasteiger charge is 2.38. The number of aryl methyl sites for hydroxylation is 1. The van der Waals surface area contributed by atoms with Crippen molar-refractivity contribution in [2.24, 2.45) is 0 Å². The lowest BCUT2D eigenvalue weighted by Crippen LogP contribution is -2.40. The molecule has 11 heteroatoms. The Balaban J connectivity index is 2.50. The van der Waals surface area contributed by atoms with Gasteiger partial charge in [0, 0.05) is 18.4 Å². The van der Waals surface area contributed by atoms with Gasteiger partial charge in [-0.05, 0) is 55.4 Å². The highest BCUT2D eigenvalue weighted by atomic mass is 35.5. The first-order chi connectivity index (χ1) is 15.4. The fourth-order valence-electron chi connectivity index (χ4n) is 2.54. The van der Waals surface area contributed by atoms with E-state index in [1.54, 1.807) is 0 Å². The molecule has 0 unspecified atom stereocenters. The van der Waals surface area contributed by atoms with Crippen LogP contribution >= 0.6 is 11.6 Å². The molecule has 0 saturated heterocycles. The molecule has 0 fully saturated rings. The Labute approximate surface area is 202 Å². The van der Waals surface area contributed by atoms with Crippen molar-refractivity contribution in [1.82, 2.24) is 4.98 Å². The van der Waals surface area contributed by atoms with Gasteiger partial charge in [0.1, 0.15) is 17.3 Å². The summed E-state index contributed by atoms with van der Waals surface area (Å²) in [6.45, 7) is 11.4. The van der Waals surface area contributed by atoms with Gasteiger partial charge in [-0.25, -0.2) is 9.37 Å². The van der Waals surface area contributed by atoms with Crippen LogP contribution in [0.2, 0.25) is 23.2 Å². The largest absolute Gasteiger partial charge is 0.547 e. The Morgan fingerprint density at radius 1 is 1.18 bits per heavy atom. The number of rotatable bonds is 6. The van der Waals surface area contributed by atoms with E-state index in [-0.39, 0.29) is 33.0 Å². The minimum Gasteiger partial charge on any atom is -0.547 e. The number of alkyl halides is 3. The maximum absolute atomic E-state index is 13.6. The van der Waals surface area contributed by atoms with Crippen LogP contribution in [0.15, 0.2) is 42.3 Å². The van der Waals surface area contributed by atoms with Gasteiger partial charge in [-0.3, -0.25) is 4.79 Å². The zero-order valence-electron chi connectivity index (χ0n) is 20.1. The summed E-state index contributed by atoms with van der Waals surface area (Å²) >= 11 is 5.84. The standard InChI is InChI=1S/C23H28ClF4N3O2Si/c1-14-10-15(23(26,27)28)11-20(29-14)30-19(13-33-34(6,7)22(2,3)4)21(32)31(5)16-8-9-18(25)17(24)12-16/h8-13H,1-7H3,(H,29,30). The number of amides is 1. The van der Waals surface area contributed by atoms with Crippen molar-refractivity contribution in [1.29, 1.82) is 0 Å². The second-order valence-electron chi connectivity index (χ2n) is 9.38. The van der Waals surface area contributed by atoms with Crippen molar-refractivity contribution in [3.63, 3.8) is 0 Å². The second kappa shape index (κ2) is 9.95. The number of nitrogens with one attached hydrogen (secondary N) is 1. The molecule has 0 bridgehead atoms. The third-order valence-electron chi connectivity index (χ3n) is 5.65. The van der Waals surface area contributed by atoms with Gasteiger partial charge < -0.3 is 14.6 Å². The van der Waals surface area contributed by atoms with Crippen molar-refractivity contribution in [3.8, 4) is 0 Å². The van der Waals surface area contributed by atoms with Gasteiger partial charge in [-0.1, -0.05) is 32.4 Å². The molecule has 0 aliphatic rings. The van der Waals surface area contributed by atoms with Crippen LogP contribution in [0.4, 0.5) is 29.1 Å². The van der Waals surface area contributed by atoms with Crippen LogP contribution in [0, 0.1) is 12.7 Å². The lowest BCUT2D eigenvalue weighted by molar-refractivity contribution is -0.137. The predicted octanol–water partition coefficient (Wildman–Crippen LogP) is 7.14. The van der Waals surface area contributed by atoms with Gasteiger partial charge in [0.15, 0.2) is 0 Å². The average molecular weight is 518 g/mol. The fourth-order valence-corrected chi connectivity index (χ4v) is 3.48. The zero-order valence-corrected chi connectivity index (χ0v) is 21.8. The van der Waals surface area contributed by atoms with E-state index in [1.807, 2.05) is 33.9 Å². The Hall–Kier alpha value is -2.59. The fraction of sp³-hybridized carbons (Fsp3) is 0.391. The number of pyridine rings is 1. The molecular formula is C23H28ClF4N3O2Si. The number of hydrogen-bond donors (Lipinski definition) is 1. The lowest BCUT2D eigenvalue weighted by Gasteiger charge is -2.35. The summed E-state index contributed by atoms with van der Waals surface area (Å²) in [5, 5.41) is 2.31. The summed E-state index contributed by atoms with van der Waals surface area (Å²) in [5.41, 5.74) is -0.644. The van der Waals surface area contributed by atoms with E-state index in [1.165, 1.54) is 37.3 Å². The van der Waals surface area contributed by atoms with Crippen LogP contribution in [0.3, 0.4) is 0 Å². The maximum atomic E-state index is 13.6. The van der Waals surface area contributed by atoms with Crippen molar-refractivity contribution in [2.45, 2.75) is 52.0 Å². The van der Waals surface area contributed by atoms with Crippen molar-refractivity contribution >= 4 is 37.3 Å². The molecule has 5 nitrogen and oxygen atoms in total. The number of carbonyl (C=O) groups excluding carboxylic acids is 1. The van der Waals surface area contributed by atoms with E-state index in [0.717, 1.165) is 18.2 Å². The molecule has 1 amide bonds. The number of halogens is 5. The molecule has 0 saturated carbocycles. The molecule has 0 aliphatic carbocycles. The molecule has 1 aromatic carbocycles. The number of nitrogens with zero attached hydrogens (tertiary/aromatic N) is 2. The van der Waals surface area contributed by atoms with Gasteiger partial charge in [-0.2, -0.15) is 13.2 Å². The predicted molar refractivity (Wildman–Crippen MR) is 129 cm³/mol. The van der Waals surface area contributed by atoms with Crippen molar-refractivity contribution < 1.29 is 26.8 Å². The lowest BCUT2D eigenvalue weighted by atomic mass is 10.2. The Kier molecular flexibility index (Phi) is 8.09. The van der Waals surface area contributed by atoms with Crippen molar-refractivity contribution in [2.75, 3.05) is 17.3 Å². The highest BCUT2D eigenvalue weighted by molar-refractivity contribution is 6.74. The van der Waals surface area contributed by atoms with E-state index < -0.39 is 31.8 Å². The van der Waals surface area contributed by atoms with E-state index in [0.29, 0.717) is 0 Å². The number of likely N-dealkylation sites (N-methyl/N-ethyl adjacent to an activating group) is 1.